The van der Waals surface area contributed by atoms with E-state index in [1.807, 2.05) is 0 Å². The third-order valence-corrected chi connectivity index (χ3v) is 2.46. The Morgan fingerprint density at radius 3 is 2.56 bits per heavy atom. The van der Waals surface area contributed by atoms with Gasteiger partial charge in [-0.25, -0.2) is 4.79 Å². The van der Waals surface area contributed by atoms with Crippen molar-refractivity contribution in [2.45, 2.75) is 44.6 Å². The quantitative estimate of drug-likeness (QED) is 0.191. The molecule has 0 radical (unpaired) electrons. The molecule has 0 aromatic rings. The second-order valence-electron chi connectivity index (χ2n) is 4.57. The van der Waals surface area contributed by atoms with Crippen molar-refractivity contribution >= 4 is 5.97 Å². The molecule has 7 nitrogen and oxygen atoms in total. The molecule has 0 aromatic heterocycles. The van der Waals surface area contributed by atoms with E-state index in [4.69, 9.17) is 20.7 Å². The minimum absolute atomic E-state index is 0.224. The number of rotatable bonds is 9. The lowest BCUT2D eigenvalue weighted by Crippen LogP contribution is -2.57. The second kappa shape index (κ2) is 8.39. The summed E-state index contributed by atoms with van der Waals surface area (Å²) in [6, 6.07) is 0. The highest BCUT2D eigenvalue weighted by Gasteiger charge is 2.26. The van der Waals surface area contributed by atoms with Crippen molar-refractivity contribution in [1.82, 2.24) is 5.32 Å². The summed E-state index contributed by atoms with van der Waals surface area (Å²) in [6.07, 6.45) is -0.820. The van der Waals surface area contributed by atoms with Crippen LogP contribution in [0.25, 0.3) is 0 Å². The van der Waals surface area contributed by atoms with Gasteiger partial charge in [0.25, 0.3) is 0 Å². The summed E-state index contributed by atoms with van der Waals surface area (Å²) in [5.41, 5.74) is 4.53. The molecule has 0 saturated carbocycles. The Bertz CT molecular complexity index is 246. The van der Waals surface area contributed by atoms with E-state index >= 15 is 0 Å². The summed E-state index contributed by atoms with van der Waals surface area (Å²) in [6.45, 7) is 3.26. The molecule has 108 valence electrons. The topological polar surface area (TPSA) is 125 Å². The Morgan fingerprint density at radius 1 is 1.44 bits per heavy atom. The lowest BCUT2D eigenvalue weighted by molar-refractivity contribution is -0.152. The van der Waals surface area contributed by atoms with Crippen LogP contribution in [0.15, 0.2) is 0 Å². The molecule has 7 heteroatoms. The van der Waals surface area contributed by atoms with Crippen LogP contribution >= 0.6 is 0 Å². The highest BCUT2D eigenvalue weighted by atomic mass is 16.5. The Morgan fingerprint density at radius 2 is 2.06 bits per heavy atom. The number of aliphatic hydroxyl groups is 3. The number of carbonyl (C=O) groups excluding carboxylic acids is 1. The van der Waals surface area contributed by atoms with Crippen LogP contribution in [-0.2, 0) is 9.53 Å². The van der Waals surface area contributed by atoms with Crippen LogP contribution in [0.2, 0.25) is 0 Å². The number of aliphatic hydroxyl groups excluding tert-OH is 3. The van der Waals surface area contributed by atoms with Crippen LogP contribution in [0.3, 0.4) is 0 Å². The first kappa shape index (κ1) is 17.3. The maximum Gasteiger partial charge on any atom is 0.334 e. The van der Waals surface area contributed by atoms with E-state index in [1.165, 1.54) is 13.8 Å². The average Bonchev–Trinajstić information content (AvgIpc) is 2.32. The molecule has 0 aliphatic carbocycles. The molecular formula is C11H24N2O5. The molecule has 0 aliphatic rings. The van der Waals surface area contributed by atoms with Crippen LogP contribution in [0.5, 0.6) is 0 Å². The third-order valence-electron chi connectivity index (χ3n) is 2.46. The van der Waals surface area contributed by atoms with Gasteiger partial charge in [0.15, 0.2) is 0 Å². The van der Waals surface area contributed by atoms with Gasteiger partial charge in [-0.1, -0.05) is 0 Å². The second-order valence-corrected chi connectivity index (χ2v) is 4.57. The molecule has 0 fully saturated rings. The Balaban J connectivity index is 3.55. The fourth-order valence-corrected chi connectivity index (χ4v) is 1.08. The number of hydrogen-bond donors (Lipinski definition) is 5. The number of carbonyl (C=O) groups is 1. The summed E-state index contributed by atoms with van der Waals surface area (Å²) in [7, 11) is 0. The number of ether oxygens (including phenoxy) is 1. The van der Waals surface area contributed by atoms with E-state index in [1.54, 1.807) is 0 Å². The predicted octanol–water partition coefficient (Wildman–Crippen LogP) is -1.69. The van der Waals surface area contributed by atoms with E-state index in [0.717, 1.165) is 0 Å². The predicted molar refractivity (Wildman–Crippen MR) is 65.6 cm³/mol. The summed E-state index contributed by atoms with van der Waals surface area (Å²) in [5.74, 6) is -0.641. The highest BCUT2D eigenvalue weighted by Crippen LogP contribution is 2.02. The Labute approximate surface area is 107 Å². The molecule has 0 amide bonds. The zero-order valence-electron chi connectivity index (χ0n) is 10.9. The van der Waals surface area contributed by atoms with Gasteiger partial charge in [0, 0.05) is 0 Å². The number of esters is 1. The molecule has 0 saturated heterocycles. The zero-order valence-corrected chi connectivity index (χ0v) is 10.9. The van der Waals surface area contributed by atoms with Crippen molar-refractivity contribution in [3.8, 4) is 0 Å². The molecule has 0 bridgehead atoms. The van der Waals surface area contributed by atoms with Crippen LogP contribution < -0.4 is 11.1 Å². The van der Waals surface area contributed by atoms with Gasteiger partial charge in [-0.05, 0) is 33.2 Å². The summed E-state index contributed by atoms with van der Waals surface area (Å²) >= 11 is 0. The van der Waals surface area contributed by atoms with Crippen molar-refractivity contribution in [1.29, 1.82) is 0 Å². The highest BCUT2D eigenvalue weighted by molar-refractivity contribution is 5.73. The van der Waals surface area contributed by atoms with Crippen molar-refractivity contribution in [2.75, 3.05) is 19.8 Å². The molecule has 0 aromatic carbocycles. The van der Waals surface area contributed by atoms with Gasteiger partial charge in [0.2, 0.25) is 0 Å². The number of nitrogens with two attached hydrogens (primary N) is 1. The van der Waals surface area contributed by atoms with Gasteiger partial charge in [-0.3, -0.25) is 5.32 Å². The van der Waals surface area contributed by atoms with Crippen LogP contribution in [0.4, 0.5) is 0 Å². The number of unbranched alkanes of at least 4 members (excludes halogenated alkanes) is 1. The van der Waals surface area contributed by atoms with Crippen LogP contribution in [0, 0.1) is 0 Å². The molecule has 18 heavy (non-hydrogen) atoms. The average molecular weight is 264 g/mol. The number of hydrogen-bond acceptors (Lipinski definition) is 7. The maximum absolute atomic E-state index is 10.9. The molecular weight excluding hydrogens is 240 g/mol. The fourth-order valence-electron chi connectivity index (χ4n) is 1.08. The van der Waals surface area contributed by atoms with Gasteiger partial charge in [0.1, 0.15) is 12.3 Å². The molecule has 0 spiro atoms. The molecule has 6 N–H and O–H groups in total. The minimum atomic E-state index is -1.10. The monoisotopic (exact) mass is 264 g/mol. The van der Waals surface area contributed by atoms with E-state index in [0.29, 0.717) is 19.4 Å². The van der Waals surface area contributed by atoms with Gasteiger partial charge in [0.05, 0.1) is 18.8 Å². The fraction of sp³-hybridized carbons (Fsp3) is 0.909. The van der Waals surface area contributed by atoms with Crippen molar-refractivity contribution < 1.29 is 24.9 Å². The summed E-state index contributed by atoms with van der Waals surface area (Å²) in [4.78, 5) is 10.9. The summed E-state index contributed by atoms with van der Waals surface area (Å²) < 4.78 is 4.76. The van der Waals surface area contributed by atoms with Gasteiger partial charge < -0.3 is 25.8 Å². The van der Waals surface area contributed by atoms with Gasteiger partial charge >= 0.3 is 5.97 Å². The van der Waals surface area contributed by atoms with Gasteiger partial charge in [-0.2, -0.15) is 0 Å². The van der Waals surface area contributed by atoms with E-state index in [9.17, 15) is 9.90 Å². The maximum atomic E-state index is 10.9. The van der Waals surface area contributed by atoms with E-state index < -0.39 is 23.8 Å². The van der Waals surface area contributed by atoms with Crippen molar-refractivity contribution in [3.05, 3.63) is 0 Å². The molecule has 3 unspecified atom stereocenters. The van der Waals surface area contributed by atoms with E-state index in [2.05, 4.69) is 5.32 Å². The van der Waals surface area contributed by atoms with Gasteiger partial charge in [-0.15, -0.1) is 0 Å². The lowest BCUT2D eigenvalue weighted by Gasteiger charge is -2.28. The van der Waals surface area contributed by atoms with Crippen molar-refractivity contribution in [3.63, 3.8) is 0 Å². The molecule has 0 aliphatic heterocycles. The van der Waals surface area contributed by atoms with Crippen LogP contribution in [-0.4, -0.2) is 58.9 Å². The standard InChI is InChI=1S/C11H24N2O5/c1-8(15)9(16)18-6-4-3-5-13-10(17)11(2,12)7-14/h8,10,13-15,17H,3-7,12H2,1-2H3. The zero-order chi connectivity index (χ0) is 14.2. The molecule has 0 rings (SSSR count). The first-order valence-corrected chi connectivity index (χ1v) is 5.97. The van der Waals surface area contributed by atoms with Crippen LogP contribution in [0.1, 0.15) is 26.7 Å². The first-order valence-electron chi connectivity index (χ1n) is 5.97. The summed E-state index contributed by atoms with van der Waals surface area (Å²) in [5, 5.41) is 30.1. The molecule has 0 heterocycles. The Hall–Kier alpha value is -0.730. The first-order chi connectivity index (χ1) is 8.31. The Kier molecular flexibility index (Phi) is 8.05. The SMILES string of the molecule is CC(O)C(=O)OCCCCNC(O)C(C)(N)CO. The lowest BCUT2D eigenvalue weighted by atomic mass is 10.0. The van der Waals surface area contributed by atoms with Crippen molar-refractivity contribution in [2.24, 2.45) is 5.73 Å². The molecule has 3 atom stereocenters. The minimum Gasteiger partial charge on any atom is -0.464 e. The third kappa shape index (κ3) is 6.87. The normalized spacial score (nSPS) is 17.9. The smallest absolute Gasteiger partial charge is 0.334 e. The van der Waals surface area contributed by atoms with E-state index in [-0.39, 0.29) is 13.2 Å². The largest absolute Gasteiger partial charge is 0.464 e. The number of nitrogens with one attached hydrogen (secondary N) is 1.